The Labute approximate surface area is 98.7 Å². The zero-order valence-electron chi connectivity index (χ0n) is 9.64. The molecule has 0 aliphatic heterocycles. The van der Waals surface area contributed by atoms with Crippen LogP contribution in [-0.4, -0.2) is 22.7 Å². The summed E-state index contributed by atoms with van der Waals surface area (Å²) in [5.74, 6) is -0.234. The number of carbonyl (C=O) groups excluding carboxylic acids is 2. The van der Waals surface area contributed by atoms with E-state index in [0.717, 1.165) is 5.56 Å². The summed E-state index contributed by atoms with van der Waals surface area (Å²) in [5.41, 5.74) is 0.883. The number of ketones is 1. The van der Waals surface area contributed by atoms with Crippen LogP contribution < -0.4 is 4.74 Å². The summed E-state index contributed by atoms with van der Waals surface area (Å²) >= 11 is 0. The Morgan fingerprint density at radius 3 is 2.24 bits per heavy atom. The van der Waals surface area contributed by atoms with Crippen LogP contribution in [-0.2, 0) is 16.0 Å². The topological polar surface area (TPSA) is 76.0 Å². The second kappa shape index (κ2) is 5.79. The second-order valence-corrected chi connectivity index (χ2v) is 3.52. The Morgan fingerprint density at radius 1 is 1.24 bits per heavy atom. The van der Waals surface area contributed by atoms with Gasteiger partial charge in [0.2, 0.25) is 0 Å². The van der Waals surface area contributed by atoms with Crippen LogP contribution in [0, 0.1) is 0 Å². The molecule has 0 heterocycles. The van der Waals surface area contributed by atoms with Gasteiger partial charge >= 0.3 is 5.97 Å². The third-order valence-electron chi connectivity index (χ3n) is 2.08. The van der Waals surface area contributed by atoms with Crippen molar-refractivity contribution in [1.82, 2.24) is 0 Å². The first kappa shape index (κ1) is 12.9. The number of rotatable bonds is 4. The van der Waals surface area contributed by atoms with Gasteiger partial charge < -0.3 is 9.94 Å². The fourth-order valence-corrected chi connectivity index (χ4v) is 1.26. The van der Waals surface area contributed by atoms with Gasteiger partial charge in [-0.15, -0.1) is 0 Å². The largest absolute Gasteiger partial charge is 0.427 e. The van der Waals surface area contributed by atoms with Gasteiger partial charge in [-0.05, 0) is 17.7 Å². The van der Waals surface area contributed by atoms with E-state index >= 15 is 0 Å². The van der Waals surface area contributed by atoms with E-state index in [0.29, 0.717) is 5.75 Å². The third-order valence-corrected chi connectivity index (χ3v) is 2.08. The first-order chi connectivity index (χ1) is 8.02. The SMILES string of the molecule is CC(=O)Oc1ccc(C/C(=N\O)C(C)=O)cc1. The summed E-state index contributed by atoms with van der Waals surface area (Å²) in [6, 6.07) is 6.64. The molecule has 0 amide bonds. The van der Waals surface area contributed by atoms with Gasteiger partial charge in [0.15, 0.2) is 5.78 Å². The van der Waals surface area contributed by atoms with E-state index < -0.39 is 0 Å². The molecular formula is C12H13NO4. The highest BCUT2D eigenvalue weighted by Gasteiger charge is 2.08. The minimum Gasteiger partial charge on any atom is -0.427 e. The van der Waals surface area contributed by atoms with Crippen LogP contribution in [0.15, 0.2) is 29.4 Å². The summed E-state index contributed by atoms with van der Waals surface area (Å²) in [6.45, 7) is 2.66. The molecule has 17 heavy (non-hydrogen) atoms. The highest BCUT2D eigenvalue weighted by atomic mass is 16.5. The predicted octanol–water partition coefficient (Wildman–Crippen LogP) is 1.57. The van der Waals surface area contributed by atoms with E-state index in [2.05, 4.69) is 5.16 Å². The van der Waals surface area contributed by atoms with Crippen LogP contribution in [0.5, 0.6) is 5.75 Å². The fourth-order valence-electron chi connectivity index (χ4n) is 1.26. The van der Waals surface area contributed by atoms with Gasteiger partial charge in [-0.1, -0.05) is 17.3 Å². The van der Waals surface area contributed by atoms with Crippen molar-refractivity contribution in [2.75, 3.05) is 0 Å². The minimum absolute atomic E-state index is 0.0882. The molecule has 1 aromatic rings. The molecule has 0 saturated carbocycles. The van der Waals surface area contributed by atoms with E-state index in [9.17, 15) is 9.59 Å². The Hall–Kier alpha value is -2.17. The highest BCUT2D eigenvalue weighted by Crippen LogP contribution is 2.13. The van der Waals surface area contributed by atoms with Crippen molar-refractivity contribution in [2.24, 2.45) is 5.16 Å². The fraction of sp³-hybridized carbons (Fsp3) is 0.250. The van der Waals surface area contributed by atoms with Crippen LogP contribution in [0.25, 0.3) is 0 Å². The van der Waals surface area contributed by atoms with E-state index in [1.807, 2.05) is 0 Å². The Morgan fingerprint density at radius 2 is 1.82 bits per heavy atom. The molecule has 0 aromatic heterocycles. The number of esters is 1. The van der Waals surface area contributed by atoms with Crippen molar-refractivity contribution in [3.05, 3.63) is 29.8 Å². The van der Waals surface area contributed by atoms with Crippen molar-refractivity contribution in [3.63, 3.8) is 0 Å². The molecule has 5 heteroatoms. The third kappa shape index (κ3) is 4.06. The van der Waals surface area contributed by atoms with Crippen molar-refractivity contribution < 1.29 is 19.5 Å². The predicted molar refractivity (Wildman–Crippen MR) is 61.4 cm³/mol. The lowest BCUT2D eigenvalue weighted by molar-refractivity contribution is -0.131. The zero-order valence-corrected chi connectivity index (χ0v) is 9.64. The maximum Gasteiger partial charge on any atom is 0.308 e. The molecule has 5 nitrogen and oxygen atoms in total. The molecule has 0 spiro atoms. The normalized spacial score (nSPS) is 11.1. The molecule has 0 aliphatic rings. The second-order valence-electron chi connectivity index (χ2n) is 3.52. The summed E-state index contributed by atoms with van der Waals surface area (Å²) in [6.07, 6.45) is 0.242. The summed E-state index contributed by atoms with van der Waals surface area (Å²) in [4.78, 5) is 21.7. The van der Waals surface area contributed by atoms with E-state index in [4.69, 9.17) is 9.94 Å². The monoisotopic (exact) mass is 235 g/mol. The molecular weight excluding hydrogens is 222 g/mol. The Balaban J connectivity index is 2.74. The molecule has 1 N–H and O–H groups in total. The number of hydrogen-bond donors (Lipinski definition) is 1. The first-order valence-electron chi connectivity index (χ1n) is 5.02. The summed E-state index contributed by atoms with van der Waals surface area (Å²) in [7, 11) is 0. The average Bonchev–Trinajstić information content (AvgIpc) is 2.26. The lowest BCUT2D eigenvalue weighted by Gasteiger charge is -2.03. The van der Waals surface area contributed by atoms with Crippen LogP contribution in [0.2, 0.25) is 0 Å². The van der Waals surface area contributed by atoms with Gasteiger partial charge in [-0.3, -0.25) is 9.59 Å². The maximum atomic E-state index is 11.0. The molecule has 0 unspecified atom stereocenters. The molecule has 0 atom stereocenters. The Kier molecular flexibility index (Phi) is 4.39. The smallest absolute Gasteiger partial charge is 0.308 e. The van der Waals surface area contributed by atoms with Crippen molar-refractivity contribution in [3.8, 4) is 5.75 Å². The molecule has 0 radical (unpaired) electrons. The Bertz CT molecular complexity index is 448. The van der Waals surface area contributed by atoms with Crippen molar-refractivity contribution >= 4 is 17.5 Å². The number of ether oxygens (including phenoxy) is 1. The van der Waals surface area contributed by atoms with Gasteiger partial charge in [0.1, 0.15) is 11.5 Å². The number of Topliss-reactive ketones (excluding diaryl/α,β-unsaturated/α-hetero) is 1. The molecule has 0 aliphatic carbocycles. The van der Waals surface area contributed by atoms with Crippen molar-refractivity contribution in [1.29, 1.82) is 0 Å². The van der Waals surface area contributed by atoms with Gasteiger partial charge in [0.05, 0.1) is 0 Å². The number of oxime groups is 1. The first-order valence-corrected chi connectivity index (χ1v) is 5.02. The van der Waals surface area contributed by atoms with Gasteiger partial charge in [-0.2, -0.15) is 0 Å². The molecule has 90 valence electrons. The van der Waals surface area contributed by atoms with Crippen LogP contribution >= 0.6 is 0 Å². The molecule has 0 fully saturated rings. The maximum absolute atomic E-state index is 11.0. The lowest BCUT2D eigenvalue weighted by Crippen LogP contribution is -2.13. The van der Waals surface area contributed by atoms with E-state index in [1.54, 1.807) is 24.3 Å². The van der Waals surface area contributed by atoms with Crippen LogP contribution in [0.4, 0.5) is 0 Å². The zero-order chi connectivity index (χ0) is 12.8. The number of benzene rings is 1. The molecule has 1 rings (SSSR count). The molecule has 1 aromatic carbocycles. The summed E-state index contributed by atoms with van der Waals surface area (Å²) < 4.78 is 4.86. The highest BCUT2D eigenvalue weighted by molar-refractivity contribution is 6.39. The molecule has 0 saturated heterocycles. The average molecular weight is 235 g/mol. The number of hydrogen-bond acceptors (Lipinski definition) is 5. The quantitative estimate of drug-likeness (QED) is 0.282. The van der Waals surface area contributed by atoms with E-state index in [1.165, 1.54) is 13.8 Å². The standard InChI is InChI=1S/C12H13NO4/c1-8(14)12(13-16)7-10-3-5-11(6-4-10)17-9(2)15/h3-6,16H,7H2,1-2H3/b13-12+. The van der Waals surface area contributed by atoms with E-state index in [-0.39, 0.29) is 23.9 Å². The molecule has 0 bridgehead atoms. The number of carbonyl (C=O) groups is 2. The lowest BCUT2D eigenvalue weighted by atomic mass is 10.1. The minimum atomic E-state index is -0.390. The van der Waals surface area contributed by atoms with Crippen molar-refractivity contribution in [2.45, 2.75) is 20.3 Å². The van der Waals surface area contributed by atoms with Gasteiger partial charge in [0.25, 0.3) is 0 Å². The van der Waals surface area contributed by atoms with Gasteiger partial charge in [-0.25, -0.2) is 0 Å². The summed E-state index contributed by atoms with van der Waals surface area (Å²) in [5, 5.41) is 11.6. The van der Waals surface area contributed by atoms with Gasteiger partial charge in [0, 0.05) is 20.3 Å². The van der Waals surface area contributed by atoms with Crippen LogP contribution in [0.3, 0.4) is 0 Å². The number of nitrogens with zero attached hydrogens (tertiary/aromatic N) is 1. The van der Waals surface area contributed by atoms with Crippen LogP contribution in [0.1, 0.15) is 19.4 Å².